The normalized spacial score (nSPS) is 19.1. The molecular formula is C24H24F3N5O. The van der Waals surface area contributed by atoms with Crippen LogP contribution in [0.4, 0.5) is 18.9 Å². The van der Waals surface area contributed by atoms with Crippen molar-refractivity contribution in [3.63, 3.8) is 0 Å². The Kier molecular flexibility index (Phi) is 6.13. The van der Waals surface area contributed by atoms with Gasteiger partial charge in [0.05, 0.1) is 11.2 Å². The molecule has 1 fully saturated rings. The highest BCUT2D eigenvalue weighted by Gasteiger charge is 2.33. The predicted molar refractivity (Wildman–Crippen MR) is 119 cm³/mol. The summed E-state index contributed by atoms with van der Waals surface area (Å²) in [5.74, 6) is -2.74. The Balaban J connectivity index is 1.71. The summed E-state index contributed by atoms with van der Waals surface area (Å²) >= 11 is 0. The molecule has 0 unspecified atom stereocenters. The lowest BCUT2D eigenvalue weighted by atomic mass is 10.0. The minimum atomic E-state index is -0.944. The topological polar surface area (TPSA) is 65.2 Å². The molecule has 2 atom stereocenters. The van der Waals surface area contributed by atoms with Crippen LogP contribution in [0.2, 0.25) is 0 Å². The summed E-state index contributed by atoms with van der Waals surface area (Å²) in [6, 6.07) is 8.07. The standard InChI is InChI=1S/C24H24F3N5O/c1-4-17-12-32(14(2)11-31(17)13-18-19(26)7-15(25)8-20(18)27)22-9-23(33)30(3)21-6-5-16(10-28)29-24(21)22/h5-9,14,17H,4,11-13H2,1-3H3/t14-,17+/m0/s1. The van der Waals surface area contributed by atoms with Gasteiger partial charge in [-0.2, -0.15) is 5.26 Å². The van der Waals surface area contributed by atoms with Gasteiger partial charge in [0.15, 0.2) is 0 Å². The van der Waals surface area contributed by atoms with Crippen LogP contribution in [0.5, 0.6) is 0 Å². The molecule has 0 saturated carbocycles. The average Bonchev–Trinajstić information content (AvgIpc) is 2.78. The van der Waals surface area contributed by atoms with E-state index in [-0.39, 0.29) is 35.4 Å². The van der Waals surface area contributed by atoms with Crippen molar-refractivity contribution in [1.29, 1.82) is 5.26 Å². The monoisotopic (exact) mass is 455 g/mol. The number of benzene rings is 1. The second-order valence-corrected chi connectivity index (χ2v) is 8.44. The molecular weight excluding hydrogens is 431 g/mol. The third-order valence-corrected chi connectivity index (χ3v) is 6.39. The van der Waals surface area contributed by atoms with E-state index in [1.54, 1.807) is 19.2 Å². The van der Waals surface area contributed by atoms with Gasteiger partial charge in [-0.05, 0) is 25.5 Å². The summed E-state index contributed by atoms with van der Waals surface area (Å²) in [4.78, 5) is 21.2. The molecule has 0 bridgehead atoms. The number of aromatic nitrogens is 2. The fourth-order valence-electron chi connectivity index (χ4n) is 4.55. The predicted octanol–water partition coefficient (Wildman–Crippen LogP) is 3.71. The van der Waals surface area contributed by atoms with Gasteiger partial charge < -0.3 is 9.47 Å². The van der Waals surface area contributed by atoms with Crippen molar-refractivity contribution in [3.8, 4) is 6.07 Å². The number of nitriles is 1. The molecule has 0 aliphatic carbocycles. The van der Waals surface area contributed by atoms with Crippen LogP contribution in [0.1, 0.15) is 31.5 Å². The molecule has 1 aliphatic heterocycles. The molecule has 0 amide bonds. The minimum Gasteiger partial charge on any atom is -0.364 e. The molecule has 1 aromatic carbocycles. The average molecular weight is 455 g/mol. The van der Waals surface area contributed by atoms with E-state index in [0.29, 0.717) is 48.4 Å². The van der Waals surface area contributed by atoms with E-state index in [9.17, 15) is 23.2 Å². The first-order valence-electron chi connectivity index (χ1n) is 10.8. The summed E-state index contributed by atoms with van der Waals surface area (Å²) in [6.45, 7) is 4.94. The molecule has 3 aromatic rings. The number of nitrogens with zero attached hydrogens (tertiary/aromatic N) is 5. The Morgan fingerprint density at radius 2 is 1.85 bits per heavy atom. The summed E-state index contributed by atoms with van der Waals surface area (Å²) in [5, 5.41) is 9.31. The Morgan fingerprint density at radius 3 is 2.48 bits per heavy atom. The van der Waals surface area contributed by atoms with Crippen LogP contribution in [-0.2, 0) is 13.6 Å². The van der Waals surface area contributed by atoms with Gasteiger partial charge in [-0.1, -0.05) is 6.92 Å². The summed E-state index contributed by atoms with van der Waals surface area (Å²) in [6.07, 6.45) is 0.702. The van der Waals surface area contributed by atoms with Crippen LogP contribution >= 0.6 is 0 Å². The van der Waals surface area contributed by atoms with E-state index in [1.807, 2.05) is 24.8 Å². The number of hydrogen-bond donors (Lipinski definition) is 0. The summed E-state index contributed by atoms with van der Waals surface area (Å²) < 4.78 is 43.4. The van der Waals surface area contributed by atoms with Gasteiger partial charge in [-0.15, -0.1) is 0 Å². The minimum absolute atomic E-state index is 0.0166. The van der Waals surface area contributed by atoms with E-state index < -0.39 is 17.5 Å². The van der Waals surface area contributed by atoms with Gasteiger partial charge in [0, 0.05) is 62.5 Å². The Morgan fingerprint density at radius 1 is 1.15 bits per heavy atom. The van der Waals surface area contributed by atoms with Crippen LogP contribution in [0.25, 0.3) is 11.0 Å². The van der Waals surface area contributed by atoms with Gasteiger partial charge in [-0.25, -0.2) is 18.2 Å². The fourth-order valence-corrected chi connectivity index (χ4v) is 4.55. The smallest absolute Gasteiger partial charge is 0.252 e. The van der Waals surface area contributed by atoms with Crippen molar-refractivity contribution in [2.45, 2.75) is 38.9 Å². The first-order valence-corrected chi connectivity index (χ1v) is 10.8. The Bertz CT molecular complexity index is 1290. The lowest BCUT2D eigenvalue weighted by Crippen LogP contribution is -2.57. The van der Waals surface area contributed by atoms with Crippen molar-refractivity contribution in [1.82, 2.24) is 14.5 Å². The van der Waals surface area contributed by atoms with Crippen molar-refractivity contribution in [2.24, 2.45) is 7.05 Å². The summed E-state index contributed by atoms with van der Waals surface area (Å²) in [5.41, 5.74) is 1.71. The third kappa shape index (κ3) is 4.18. The number of hydrogen-bond acceptors (Lipinski definition) is 5. The maximum Gasteiger partial charge on any atom is 0.252 e. The third-order valence-electron chi connectivity index (χ3n) is 6.39. The lowest BCUT2D eigenvalue weighted by Gasteiger charge is -2.46. The number of piperazine rings is 1. The molecule has 6 nitrogen and oxygen atoms in total. The second-order valence-electron chi connectivity index (χ2n) is 8.44. The zero-order valence-corrected chi connectivity index (χ0v) is 18.6. The van der Waals surface area contributed by atoms with E-state index in [4.69, 9.17) is 0 Å². The molecule has 1 saturated heterocycles. The first kappa shape index (κ1) is 22.8. The molecule has 9 heteroatoms. The van der Waals surface area contributed by atoms with E-state index >= 15 is 0 Å². The number of halogens is 3. The van der Waals surface area contributed by atoms with E-state index in [2.05, 4.69) is 9.88 Å². The van der Waals surface area contributed by atoms with Crippen LogP contribution < -0.4 is 10.5 Å². The van der Waals surface area contributed by atoms with E-state index in [1.165, 1.54) is 10.6 Å². The maximum atomic E-state index is 14.3. The fraction of sp³-hybridized carbons (Fsp3) is 0.375. The Hall–Kier alpha value is -3.38. The first-order chi connectivity index (χ1) is 15.7. The van der Waals surface area contributed by atoms with Crippen LogP contribution in [-0.4, -0.2) is 39.6 Å². The molecule has 1 aliphatic rings. The molecule has 4 rings (SSSR count). The quantitative estimate of drug-likeness (QED) is 0.600. The molecule has 33 heavy (non-hydrogen) atoms. The van der Waals surface area contributed by atoms with Gasteiger partial charge in [0.2, 0.25) is 0 Å². The largest absolute Gasteiger partial charge is 0.364 e. The molecule has 0 spiro atoms. The second kappa shape index (κ2) is 8.87. The maximum absolute atomic E-state index is 14.3. The zero-order valence-electron chi connectivity index (χ0n) is 18.6. The highest BCUT2D eigenvalue weighted by atomic mass is 19.1. The van der Waals surface area contributed by atoms with Crippen molar-refractivity contribution in [2.75, 3.05) is 18.0 Å². The van der Waals surface area contributed by atoms with Crippen LogP contribution in [0.15, 0.2) is 35.1 Å². The highest BCUT2D eigenvalue weighted by molar-refractivity contribution is 5.89. The van der Waals surface area contributed by atoms with Crippen molar-refractivity contribution < 1.29 is 13.2 Å². The van der Waals surface area contributed by atoms with Gasteiger partial charge in [0.25, 0.3) is 5.56 Å². The SMILES string of the molecule is CC[C@@H]1CN(c2cc(=O)n(C)c3ccc(C#N)nc23)[C@@H](C)CN1Cc1c(F)cc(F)cc1F. The van der Waals surface area contributed by atoms with E-state index in [0.717, 1.165) is 0 Å². The molecule has 172 valence electrons. The van der Waals surface area contributed by atoms with Crippen molar-refractivity contribution >= 4 is 16.7 Å². The number of rotatable bonds is 4. The zero-order chi connectivity index (χ0) is 23.9. The number of anilines is 1. The molecule has 2 aromatic heterocycles. The van der Waals surface area contributed by atoms with Crippen molar-refractivity contribution in [3.05, 3.63) is 69.4 Å². The molecule has 0 N–H and O–H groups in total. The molecule has 0 radical (unpaired) electrons. The number of pyridine rings is 2. The summed E-state index contributed by atoms with van der Waals surface area (Å²) in [7, 11) is 1.66. The van der Waals surface area contributed by atoms with Gasteiger partial charge in [-0.3, -0.25) is 9.69 Å². The van der Waals surface area contributed by atoms with Crippen LogP contribution in [0, 0.1) is 28.8 Å². The van der Waals surface area contributed by atoms with Gasteiger partial charge >= 0.3 is 0 Å². The Labute approximate surface area is 189 Å². The van der Waals surface area contributed by atoms with Crippen LogP contribution in [0.3, 0.4) is 0 Å². The highest BCUT2D eigenvalue weighted by Crippen LogP contribution is 2.30. The number of fused-ring (bicyclic) bond motifs is 1. The lowest BCUT2D eigenvalue weighted by molar-refractivity contribution is 0.139. The van der Waals surface area contributed by atoms with Gasteiger partial charge in [0.1, 0.15) is 34.7 Å². The molecule has 3 heterocycles. The number of aryl methyl sites for hydroxylation is 1.